The van der Waals surface area contributed by atoms with E-state index in [1.54, 1.807) is 0 Å². The first-order valence-electron chi connectivity index (χ1n) is 9.51. The number of ether oxygens (including phenoxy) is 2. The lowest BCUT2D eigenvalue weighted by Crippen LogP contribution is -2.34. The number of carbonyl (C=O) groups is 1. The fourth-order valence-electron chi connectivity index (χ4n) is 3.73. The molecule has 0 spiro atoms. The van der Waals surface area contributed by atoms with Gasteiger partial charge in [0.15, 0.2) is 0 Å². The van der Waals surface area contributed by atoms with E-state index in [4.69, 9.17) is 9.47 Å². The Bertz CT molecular complexity index is 837. The van der Waals surface area contributed by atoms with Gasteiger partial charge in [0.25, 0.3) is 0 Å². The maximum absolute atomic E-state index is 11.2. The molecule has 1 aliphatic rings. The summed E-state index contributed by atoms with van der Waals surface area (Å²) in [7, 11) is 0. The highest BCUT2D eigenvalue weighted by molar-refractivity contribution is 5.68. The molecule has 0 amide bonds. The van der Waals surface area contributed by atoms with Gasteiger partial charge >= 0.3 is 5.97 Å². The van der Waals surface area contributed by atoms with Crippen molar-refractivity contribution >= 4 is 5.97 Å². The zero-order chi connectivity index (χ0) is 19.6. The Labute approximate surface area is 161 Å². The van der Waals surface area contributed by atoms with Crippen LogP contribution in [0.4, 0.5) is 0 Å². The van der Waals surface area contributed by atoms with E-state index in [2.05, 4.69) is 20.8 Å². The van der Waals surface area contributed by atoms with Crippen LogP contribution >= 0.6 is 0 Å². The summed E-state index contributed by atoms with van der Waals surface area (Å²) in [6.07, 6.45) is 2.37. The van der Waals surface area contributed by atoms with Gasteiger partial charge in [-0.15, -0.1) is 0 Å². The van der Waals surface area contributed by atoms with Crippen LogP contribution in [0.25, 0.3) is 0 Å². The van der Waals surface area contributed by atoms with Crippen molar-refractivity contribution in [3.8, 4) is 11.5 Å². The van der Waals surface area contributed by atoms with E-state index in [0.29, 0.717) is 13.0 Å². The van der Waals surface area contributed by atoms with Crippen molar-refractivity contribution in [2.45, 2.75) is 65.6 Å². The zero-order valence-corrected chi connectivity index (χ0v) is 16.6. The second-order valence-electron chi connectivity index (χ2n) is 7.90. The molecule has 0 aromatic heterocycles. The lowest BCUT2D eigenvalue weighted by molar-refractivity contribution is -0.136. The molecule has 144 valence electrons. The second-order valence-corrected chi connectivity index (χ2v) is 7.90. The third kappa shape index (κ3) is 4.26. The molecule has 2 aromatic rings. The van der Waals surface area contributed by atoms with Crippen molar-refractivity contribution in [1.29, 1.82) is 0 Å². The summed E-state index contributed by atoms with van der Waals surface area (Å²) in [6.45, 7) is 8.75. The molecule has 0 unspecified atom stereocenters. The second kappa shape index (κ2) is 7.63. The first-order chi connectivity index (χ1) is 12.8. The summed E-state index contributed by atoms with van der Waals surface area (Å²) >= 11 is 0. The zero-order valence-electron chi connectivity index (χ0n) is 16.6. The van der Waals surface area contributed by atoms with Gasteiger partial charge in [-0.25, -0.2) is 0 Å². The first-order valence-corrected chi connectivity index (χ1v) is 9.51. The first kappa shape index (κ1) is 19.3. The van der Waals surface area contributed by atoms with Crippen LogP contribution in [0.1, 0.15) is 54.5 Å². The highest BCUT2D eigenvalue weighted by atomic mass is 16.5. The number of carboxylic acid groups (broad SMARTS) is 1. The van der Waals surface area contributed by atoms with Gasteiger partial charge in [0.2, 0.25) is 0 Å². The van der Waals surface area contributed by atoms with E-state index in [-0.39, 0.29) is 12.0 Å². The quantitative estimate of drug-likeness (QED) is 0.779. The Morgan fingerprint density at radius 3 is 2.56 bits per heavy atom. The maximum atomic E-state index is 11.2. The molecular weight excluding hydrogens is 340 g/mol. The largest absolute Gasteiger partial charge is 0.488 e. The van der Waals surface area contributed by atoms with Crippen LogP contribution in [0.2, 0.25) is 0 Å². The van der Waals surface area contributed by atoms with E-state index in [1.165, 1.54) is 0 Å². The molecule has 0 saturated heterocycles. The van der Waals surface area contributed by atoms with Gasteiger partial charge in [0, 0.05) is 17.5 Å². The molecule has 1 N–H and O–H groups in total. The average Bonchev–Trinajstić information content (AvgIpc) is 2.61. The van der Waals surface area contributed by atoms with Gasteiger partial charge < -0.3 is 14.6 Å². The monoisotopic (exact) mass is 368 g/mol. The number of hydrogen-bond acceptors (Lipinski definition) is 3. The van der Waals surface area contributed by atoms with Crippen LogP contribution in [0, 0.1) is 13.8 Å². The maximum Gasteiger partial charge on any atom is 0.303 e. The van der Waals surface area contributed by atoms with Crippen molar-refractivity contribution in [3.63, 3.8) is 0 Å². The number of aliphatic carboxylic acids is 1. The fourth-order valence-corrected chi connectivity index (χ4v) is 3.73. The minimum atomic E-state index is -0.800. The summed E-state index contributed by atoms with van der Waals surface area (Å²) in [5, 5.41) is 9.18. The van der Waals surface area contributed by atoms with Gasteiger partial charge in [0.1, 0.15) is 23.7 Å². The average molecular weight is 368 g/mol. The van der Waals surface area contributed by atoms with E-state index in [0.717, 1.165) is 52.2 Å². The van der Waals surface area contributed by atoms with Gasteiger partial charge in [-0.3, -0.25) is 4.79 Å². The Balaban J connectivity index is 2.00. The van der Waals surface area contributed by atoms with Crippen LogP contribution in [-0.2, 0) is 24.2 Å². The van der Waals surface area contributed by atoms with Crippen LogP contribution in [-0.4, -0.2) is 16.7 Å². The number of rotatable bonds is 6. The smallest absolute Gasteiger partial charge is 0.303 e. The molecular formula is C23H28O4. The summed E-state index contributed by atoms with van der Waals surface area (Å²) in [5.74, 6) is 0.932. The van der Waals surface area contributed by atoms with Crippen LogP contribution in [0.3, 0.4) is 0 Å². The van der Waals surface area contributed by atoms with Crippen LogP contribution in [0.5, 0.6) is 11.5 Å². The summed E-state index contributed by atoms with van der Waals surface area (Å²) in [5.41, 5.74) is 5.08. The van der Waals surface area contributed by atoms with Crippen molar-refractivity contribution in [1.82, 2.24) is 0 Å². The van der Waals surface area contributed by atoms with Gasteiger partial charge in [0.05, 0.1) is 0 Å². The third-order valence-electron chi connectivity index (χ3n) is 5.30. The summed E-state index contributed by atoms with van der Waals surface area (Å²) in [6, 6.07) is 10.1. The lowest BCUT2D eigenvalue weighted by Gasteiger charge is -2.36. The van der Waals surface area contributed by atoms with E-state index in [1.807, 2.05) is 37.3 Å². The number of carboxylic acids is 1. The molecule has 0 fully saturated rings. The molecule has 1 aliphatic heterocycles. The fraction of sp³-hybridized carbons (Fsp3) is 0.435. The van der Waals surface area contributed by atoms with Gasteiger partial charge in [-0.2, -0.15) is 0 Å². The molecule has 3 rings (SSSR count). The molecule has 0 radical (unpaired) electrons. The van der Waals surface area contributed by atoms with Gasteiger partial charge in [-0.05, 0) is 63.6 Å². The lowest BCUT2D eigenvalue weighted by atomic mass is 9.86. The number of fused-ring (bicyclic) bond motifs is 1. The van der Waals surface area contributed by atoms with Crippen LogP contribution in [0.15, 0.2) is 30.3 Å². The Hall–Kier alpha value is -2.49. The van der Waals surface area contributed by atoms with E-state index >= 15 is 0 Å². The van der Waals surface area contributed by atoms with Crippen molar-refractivity contribution in [3.05, 3.63) is 58.1 Å². The number of benzene rings is 2. The van der Waals surface area contributed by atoms with Crippen molar-refractivity contribution in [2.75, 3.05) is 0 Å². The summed E-state index contributed by atoms with van der Waals surface area (Å²) < 4.78 is 12.5. The molecule has 1 heterocycles. The Morgan fingerprint density at radius 2 is 1.89 bits per heavy atom. The number of hydrogen-bond donors (Lipinski definition) is 1. The highest BCUT2D eigenvalue weighted by Crippen LogP contribution is 2.44. The molecule has 4 nitrogen and oxygen atoms in total. The standard InChI is InChI=1S/C23H28O4/c1-15-18(10-11-20(24)25)22-19(12-13-23(3,4)27-22)16(2)21(15)26-14-17-8-6-5-7-9-17/h5-9H,10-14H2,1-4H3,(H,24,25). The SMILES string of the molecule is Cc1c(CCC(=O)O)c2c(c(C)c1OCc1ccccc1)CCC(C)(C)O2. The predicted molar refractivity (Wildman–Crippen MR) is 106 cm³/mol. The molecule has 2 aromatic carbocycles. The molecule has 4 heteroatoms. The molecule has 0 atom stereocenters. The molecule has 27 heavy (non-hydrogen) atoms. The minimum Gasteiger partial charge on any atom is -0.488 e. The normalized spacial score (nSPS) is 15.0. The van der Waals surface area contributed by atoms with Crippen molar-refractivity contribution in [2.24, 2.45) is 0 Å². The minimum absolute atomic E-state index is 0.0816. The highest BCUT2D eigenvalue weighted by Gasteiger charge is 2.32. The molecule has 0 saturated carbocycles. The Kier molecular flexibility index (Phi) is 5.45. The van der Waals surface area contributed by atoms with E-state index < -0.39 is 5.97 Å². The van der Waals surface area contributed by atoms with Crippen LogP contribution < -0.4 is 9.47 Å². The Morgan fingerprint density at radius 1 is 1.19 bits per heavy atom. The predicted octanol–water partition coefficient (Wildman–Crippen LogP) is 5.00. The third-order valence-corrected chi connectivity index (χ3v) is 5.30. The van der Waals surface area contributed by atoms with E-state index in [9.17, 15) is 9.90 Å². The topological polar surface area (TPSA) is 55.8 Å². The van der Waals surface area contributed by atoms with Crippen molar-refractivity contribution < 1.29 is 19.4 Å². The molecule has 0 aliphatic carbocycles. The summed E-state index contributed by atoms with van der Waals surface area (Å²) in [4.78, 5) is 11.2. The van der Waals surface area contributed by atoms with Gasteiger partial charge in [-0.1, -0.05) is 30.3 Å². The molecule has 0 bridgehead atoms.